The van der Waals surface area contributed by atoms with Gasteiger partial charge in [0, 0.05) is 26.0 Å². The summed E-state index contributed by atoms with van der Waals surface area (Å²) in [6.07, 6.45) is 3.57. The Morgan fingerprint density at radius 2 is 1.80 bits per heavy atom. The highest BCUT2D eigenvalue weighted by Crippen LogP contribution is 2.28. The fourth-order valence-corrected chi connectivity index (χ4v) is 4.82. The van der Waals surface area contributed by atoms with Gasteiger partial charge >= 0.3 is 5.97 Å². The molecule has 2 aromatic carbocycles. The van der Waals surface area contributed by atoms with Gasteiger partial charge in [-0.25, -0.2) is 4.98 Å². The van der Waals surface area contributed by atoms with Crippen molar-refractivity contribution in [3.63, 3.8) is 0 Å². The Hall–Kier alpha value is -4.02. The fraction of sp³-hybridized carbons (Fsp3) is 0.419. The SMILES string of the molecule is COCC1NC(=O)C(CC(=O)N[C@@H](C)CO)CC=CCC(Cc2nc3ccccc3o2)C(=O)OC1c1ccccc1. The molecular weight excluding hydrogens is 526 g/mol. The third kappa shape index (κ3) is 8.25. The van der Waals surface area contributed by atoms with Crippen LogP contribution in [-0.2, 0) is 30.3 Å². The van der Waals surface area contributed by atoms with Gasteiger partial charge in [0.1, 0.15) is 11.6 Å². The number of para-hydroxylation sites is 2. The number of cyclic esters (lactones) is 1. The first kappa shape index (κ1) is 30.0. The quantitative estimate of drug-likeness (QED) is 0.266. The van der Waals surface area contributed by atoms with Gasteiger partial charge in [-0.1, -0.05) is 54.6 Å². The molecule has 0 aliphatic carbocycles. The number of carbonyl (C=O) groups is 3. The molecule has 0 spiro atoms. The number of aromatic nitrogens is 1. The minimum absolute atomic E-state index is 0.0671. The van der Waals surface area contributed by atoms with E-state index in [9.17, 15) is 19.5 Å². The van der Waals surface area contributed by atoms with Gasteiger partial charge in [-0.15, -0.1) is 0 Å². The number of aliphatic hydroxyl groups is 1. The van der Waals surface area contributed by atoms with Gasteiger partial charge in [-0.3, -0.25) is 14.4 Å². The fourth-order valence-electron chi connectivity index (χ4n) is 4.82. The van der Waals surface area contributed by atoms with Crippen LogP contribution in [-0.4, -0.2) is 60.3 Å². The van der Waals surface area contributed by atoms with Crippen LogP contribution >= 0.6 is 0 Å². The van der Waals surface area contributed by atoms with Crippen LogP contribution in [0.4, 0.5) is 0 Å². The van der Waals surface area contributed by atoms with Crippen LogP contribution in [0, 0.1) is 11.8 Å². The topological polar surface area (TPSA) is 140 Å². The first-order valence-electron chi connectivity index (χ1n) is 13.8. The third-order valence-electron chi connectivity index (χ3n) is 6.99. The van der Waals surface area contributed by atoms with Crippen LogP contribution in [0.5, 0.6) is 0 Å². The molecular formula is C31H37N3O7. The van der Waals surface area contributed by atoms with Crippen LogP contribution in [0.25, 0.3) is 11.1 Å². The van der Waals surface area contributed by atoms with Crippen LogP contribution in [0.3, 0.4) is 0 Å². The molecule has 0 saturated carbocycles. The van der Waals surface area contributed by atoms with E-state index >= 15 is 0 Å². The lowest BCUT2D eigenvalue weighted by molar-refractivity contribution is -0.158. The van der Waals surface area contributed by atoms with Crippen molar-refractivity contribution in [1.82, 2.24) is 15.6 Å². The number of nitrogens with zero attached hydrogens (tertiary/aromatic N) is 1. The molecule has 0 saturated heterocycles. The van der Waals surface area contributed by atoms with Gasteiger partial charge in [0.15, 0.2) is 11.5 Å². The van der Waals surface area contributed by atoms with E-state index in [1.807, 2.05) is 60.7 Å². The first-order chi connectivity index (χ1) is 19.9. The maximum atomic E-state index is 13.7. The van der Waals surface area contributed by atoms with E-state index in [0.29, 0.717) is 29.0 Å². The molecule has 10 heteroatoms. The van der Waals surface area contributed by atoms with Crippen LogP contribution in [0.1, 0.15) is 43.7 Å². The Labute approximate surface area is 239 Å². The summed E-state index contributed by atoms with van der Waals surface area (Å²) in [5.74, 6) is -2.00. The summed E-state index contributed by atoms with van der Waals surface area (Å²) in [6.45, 7) is 1.55. The normalized spacial score (nSPS) is 22.7. The van der Waals surface area contributed by atoms with Crippen molar-refractivity contribution in [2.24, 2.45) is 11.8 Å². The number of nitrogens with one attached hydrogen (secondary N) is 2. The largest absolute Gasteiger partial charge is 0.455 e. The summed E-state index contributed by atoms with van der Waals surface area (Å²) in [4.78, 5) is 44.3. The molecule has 1 aliphatic rings. The zero-order chi connectivity index (χ0) is 29.2. The van der Waals surface area contributed by atoms with Gasteiger partial charge in [0.05, 0.1) is 31.1 Å². The molecule has 218 valence electrons. The lowest BCUT2D eigenvalue weighted by Gasteiger charge is -2.30. The highest BCUT2D eigenvalue weighted by atomic mass is 16.5. The summed E-state index contributed by atoms with van der Waals surface area (Å²) in [6, 6.07) is 15.4. The van der Waals surface area contributed by atoms with E-state index < -0.39 is 36.0 Å². The summed E-state index contributed by atoms with van der Waals surface area (Å²) in [5.41, 5.74) is 2.05. The number of allylic oxidation sites excluding steroid dienone is 2. The lowest BCUT2D eigenvalue weighted by Crippen LogP contribution is -2.47. The Kier molecular flexibility index (Phi) is 10.6. The number of rotatable bonds is 9. The van der Waals surface area contributed by atoms with Gasteiger partial charge < -0.3 is 29.6 Å². The maximum absolute atomic E-state index is 13.7. The van der Waals surface area contributed by atoms with Crippen molar-refractivity contribution in [3.8, 4) is 0 Å². The average molecular weight is 564 g/mol. The molecule has 1 aliphatic heterocycles. The molecule has 5 atom stereocenters. The minimum atomic E-state index is -0.842. The zero-order valence-electron chi connectivity index (χ0n) is 23.3. The van der Waals surface area contributed by atoms with Crippen molar-refractivity contribution in [2.75, 3.05) is 20.3 Å². The summed E-state index contributed by atoms with van der Waals surface area (Å²) < 4.78 is 17.4. The second-order valence-corrected chi connectivity index (χ2v) is 10.3. The Balaban J connectivity index is 1.65. The monoisotopic (exact) mass is 563 g/mol. The predicted molar refractivity (Wildman–Crippen MR) is 151 cm³/mol. The minimum Gasteiger partial charge on any atom is -0.455 e. The highest BCUT2D eigenvalue weighted by molar-refractivity contribution is 5.86. The number of oxazole rings is 1. The molecule has 2 heterocycles. The lowest BCUT2D eigenvalue weighted by atomic mass is 9.94. The molecule has 2 amide bonds. The standard InChI is InChI=1S/C31H37N3O7/c1-20(18-35)32-27(36)16-22-12-6-7-13-23(17-28-33-24-14-8-9-15-26(24)40-28)31(38)41-29(21-10-4-3-5-11-21)25(19-39-2)34-30(22)37/h3-11,14-15,20,22-23,25,29,35H,12-13,16-19H2,1-2H3,(H,32,36)(H,34,37)/t20-,22?,23?,25?,29?/m0/s1. The second-order valence-electron chi connectivity index (χ2n) is 10.3. The third-order valence-corrected chi connectivity index (χ3v) is 6.99. The Morgan fingerprint density at radius 1 is 1.10 bits per heavy atom. The maximum Gasteiger partial charge on any atom is 0.310 e. The molecule has 3 aromatic rings. The summed E-state index contributed by atoms with van der Waals surface area (Å²) >= 11 is 0. The number of benzene rings is 2. The number of ether oxygens (including phenoxy) is 2. The molecule has 10 nitrogen and oxygen atoms in total. The smallest absolute Gasteiger partial charge is 0.310 e. The van der Waals surface area contributed by atoms with Crippen LogP contribution in [0.2, 0.25) is 0 Å². The van der Waals surface area contributed by atoms with E-state index in [1.54, 1.807) is 13.0 Å². The van der Waals surface area contributed by atoms with Crippen molar-refractivity contribution in [1.29, 1.82) is 0 Å². The molecule has 0 bridgehead atoms. The summed E-state index contributed by atoms with van der Waals surface area (Å²) in [5, 5.41) is 15.0. The highest BCUT2D eigenvalue weighted by Gasteiger charge is 2.34. The zero-order valence-corrected chi connectivity index (χ0v) is 23.3. The van der Waals surface area contributed by atoms with Gasteiger partial charge in [-0.05, 0) is 37.5 Å². The van der Waals surface area contributed by atoms with Crippen LogP contribution in [0.15, 0.2) is 71.2 Å². The van der Waals surface area contributed by atoms with E-state index in [1.165, 1.54) is 7.11 Å². The number of amides is 2. The number of hydrogen-bond acceptors (Lipinski definition) is 8. The molecule has 3 N–H and O–H groups in total. The van der Waals surface area contributed by atoms with Gasteiger partial charge in [0.25, 0.3) is 0 Å². The molecule has 0 radical (unpaired) electrons. The number of esters is 1. The number of methoxy groups -OCH3 is 1. The number of carbonyl (C=O) groups excluding carboxylic acids is 3. The Morgan fingerprint density at radius 3 is 2.51 bits per heavy atom. The molecule has 4 rings (SSSR count). The van der Waals surface area contributed by atoms with Crippen molar-refractivity contribution < 1.29 is 33.4 Å². The number of hydrogen-bond donors (Lipinski definition) is 3. The molecule has 4 unspecified atom stereocenters. The van der Waals surface area contributed by atoms with E-state index in [4.69, 9.17) is 13.9 Å². The van der Waals surface area contributed by atoms with E-state index in [-0.39, 0.29) is 44.3 Å². The van der Waals surface area contributed by atoms with E-state index in [2.05, 4.69) is 15.6 Å². The van der Waals surface area contributed by atoms with Crippen molar-refractivity contribution in [2.45, 2.75) is 50.8 Å². The van der Waals surface area contributed by atoms with Gasteiger partial charge in [-0.2, -0.15) is 0 Å². The molecule has 41 heavy (non-hydrogen) atoms. The predicted octanol–water partition coefficient (Wildman–Crippen LogP) is 3.26. The van der Waals surface area contributed by atoms with Crippen LogP contribution < -0.4 is 10.6 Å². The average Bonchev–Trinajstić information content (AvgIpc) is 3.38. The van der Waals surface area contributed by atoms with Crippen molar-refractivity contribution >= 4 is 28.9 Å². The Bertz CT molecular complexity index is 1310. The number of aliphatic hydroxyl groups excluding tert-OH is 1. The number of fused-ring (bicyclic) bond motifs is 1. The molecule has 0 fully saturated rings. The summed E-state index contributed by atoms with van der Waals surface area (Å²) in [7, 11) is 1.51. The van der Waals surface area contributed by atoms with E-state index in [0.717, 1.165) is 0 Å². The van der Waals surface area contributed by atoms with Gasteiger partial charge in [0.2, 0.25) is 11.8 Å². The molecule has 1 aromatic heterocycles. The first-order valence-corrected chi connectivity index (χ1v) is 13.8. The van der Waals surface area contributed by atoms with Crippen molar-refractivity contribution in [3.05, 3.63) is 78.2 Å². The second kappa shape index (κ2) is 14.6.